The zero-order valence-electron chi connectivity index (χ0n) is 12.4. The number of aryl methyl sites for hydroxylation is 2. The Morgan fingerprint density at radius 2 is 2.13 bits per heavy atom. The van der Waals surface area contributed by atoms with Crippen molar-refractivity contribution in [3.05, 3.63) is 45.4 Å². The molecule has 2 rings (SSSR count). The summed E-state index contributed by atoms with van der Waals surface area (Å²) in [6.07, 6.45) is -3.49. The SMILES string of the molecule is CCn1nc(C)c([N+](=O)[O-])c1NCc1ccnc(C(F)(F)F)c1. The average molecular weight is 329 g/mol. The van der Waals surface area contributed by atoms with Crippen LogP contribution in [-0.2, 0) is 19.3 Å². The van der Waals surface area contributed by atoms with E-state index in [4.69, 9.17) is 0 Å². The lowest BCUT2D eigenvalue weighted by Crippen LogP contribution is -2.11. The van der Waals surface area contributed by atoms with Crippen molar-refractivity contribution < 1.29 is 18.1 Å². The number of rotatable bonds is 5. The molecule has 0 aliphatic rings. The molecule has 0 aliphatic carbocycles. The highest BCUT2D eigenvalue weighted by Gasteiger charge is 2.32. The third kappa shape index (κ3) is 3.58. The van der Waals surface area contributed by atoms with E-state index in [2.05, 4.69) is 15.4 Å². The van der Waals surface area contributed by atoms with E-state index in [0.29, 0.717) is 12.1 Å². The number of anilines is 1. The number of hydrogen-bond donors (Lipinski definition) is 1. The fourth-order valence-corrected chi connectivity index (χ4v) is 2.12. The topological polar surface area (TPSA) is 85.9 Å². The van der Waals surface area contributed by atoms with Gasteiger partial charge in [-0.3, -0.25) is 15.1 Å². The maximum absolute atomic E-state index is 12.6. The van der Waals surface area contributed by atoms with Crippen LogP contribution in [0.4, 0.5) is 24.7 Å². The summed E-state index contributed by atoms with van der Waals surface area (Å²) in [7, 11) is 0. The van der Waals surface area contributed by atoms with Crippen LogP contribution in [0.1, 0.15) is 23.9 Å². The Bertz CT molecular complexity index is 727. The number of pyridine rings is 1. The van der Waals surface area contributed by atoms with Gasteiger partial charge in [-0.2, -0.15) is 18.3 Å². The van der Waals surface area contributed by atoms with Crippen LogP contribution in [0, 0.1) is 17.0 Å². The molecule has 2 heterocycles. The molecule has 10 heteroatoms. The molecule has 1 N–H and O–H groups in total. The summed E-state index contributed by atoms with van der Waals surface area (Å²) < 4.78 is 39.3. The number of nitrogens with one attached hydrogen (secondary N) is 1. The normalized spacial score (nSPS) is 11.5. The molecule has 0 fully saturated rings. The maximum Gasteiger partial charge on any atom is 0.433 e. The Kier molecular flexibility index (Phi) is 4.52. The molecule has 2 aromatic rings. The van der Waals surface area contributed by atoms with Gasteiger partial charge in [0.05, 0.1) is 4.92 Å². The minimum absolute atomic E-state index is 0.0163. The first-order valence-corrected chi connectivity index (χ1v) is 6.71. The Morgan fingerprint density at radius 1 is 1.43 bits per heavy atom. The van der Waals surface area contributed by atoms with Crippen molar-refractivity contribution in [2.75, 3.05) is 5.32 Å². The second kappa shape index (κ2) is 6.23. The van der Waals surface area contributed by atoms with E-state index in [1.54, 1.807) is 6.92 Å². The second-order valence-corrected chi connectivity index (χ2v) is 4.76. The van der Waals surface area contributed by atoms with Crippen molar-refractivity contribution in [3.8, 4) is 0 Å². The maximum atomic E-state index is 12.6. The van der Waals surface area contributed by atoms with Crippen LogP contribution in [0.15, 0.2) is 18.3 Å². The smallest absolute Gasteiger partial charge is 0.360 e. The van der Waals surface area contributed by atoms with Gasteiger partial charge in [0.1, 0.15) is 11.4 Å². The number of aromatic nitrogens is 3. The van der Waals surface area contributed by atoms with Crippen molar-refractivity contribution in [1.82, 2.24) is 14.8 Å². The number of hydrogen-bond acceptors (Lipinski definition) is 5. The van der Waals surface area contributed by atoms with Gasteiger partial charge in [0.25, 0.3) is 0 Å². The Labute approximate surface area is 129 Å². The monoisotopic (exact) mass is 329 g/mol. The van der Waals surface area contributed by atoms with E-state index in [1.807, 2.05) is 0 Å². The van der Waals surface area contributed by atoms with Crippen molar-refractivity contribution in [1.29, 1.82) is 0 Å². The molecular weight excluding hydrogens is 315 g/mol. The van der Waals surface area contributed by atoms with Crippen molar-refractivity contribution in [3.63, 3.8) is 0 Å². The van der Waals surface area contributed by atoms with Crippen LogP contribution in [0.3, 0.4) is 0 Å². The van der Waals surface area contributed by atoms with E-state index >= 15 is 0 Å². The molecule has 124 valence electrons. The third-order valence-electron chi connectivity index (χ3n) is 3.15. The molecule has 0 bridgehead atoms. The zero-order valence-corrected chi connectivity index (χ0v) is 12.4. The zero-order chi connectivity index (χ0) is 17.2. The molecule has 0 atom stereocenters. The Morgan fingerprint density at radius 3 is 2.70 bits per heavy atom. The van der Waals surface area contributed by atoms with Crippen LogP contribution in [-0.4, -0.2) is 19.7 Å². The highest BCUT2D eigenvalue weighted by Crippen LogP contribution is 2.30. The average Bonchev–Trinajstić information content (AvgIpc) is 2.80. The fourth-order valence-electron chi connectivity index (χ4n) is 2.12. The van der Waals surface area contributed by atoms with Gasteiger partial charge < -0.3 is 5.32 Å². The summed E-state index contributed by atoms with van der Waals surface area (Å²) >= 11 is 0. The van der Waals surface area contributed by atoms with Crippen molar-refractivity contribution in [2.24, 2.45) is 0 Å². The van der Waals surface area contributed by atoms with Crippen molar-refractivity contribution in [2.45, 2.75) is 33.1 Å². The van der Waals surface area contributed by atoms with Gasteiger partial charge >= 0.3 is 11.9 Å². The lowest BCUT2D eigenvalue weighted by atomic mass is 10.2. The summed E-state index contributed by atoms with van der Waals surface area (Å²) in [4.78, 5) is 13.8. The fraction of sp³-hybridized carbons (Fsp3) is 0.385. The van der Waals surface area contributed by atoms with Crippen LogP contribution in [0.2, 0.25) is 0 Å². The summed E-state index contributed by atoms with van der Waals surface area (Å²) in [5.74, 6) is 0.167. The summed E-state index contributed by atoms with van der Waals surface area (Å²) in [5.41, 5.74) is -0.642. The number of alkyl halides is 3. The summed E-state index contributed by atoms with van der Waals surface area (Å²) in [6.45, 7) is 3.64. The quantitative estimate of drug-likeness (QED) is 0.673. The van der Waals surface area contributed by atoms with Gasteiger partial charge in [-0.05, 0) is 31.5 Å². The van der Waals surface area contributed by atoms with E-state index in [1.165, 1.54) is 17.7 Å². The Balaban J connectivity index is 2.26. The van der Waals surface area contributed by atoms with Gasteiger partial charge in [0.15, 0.2) is 0 Å². The lowest BCUT2D eigenvalue weighted by molar-refractivity contribution is -0.384. The van der Waals surface area contributed by atoms with Crippen molar-refractivity contribution >= 4 is 11.5 Å². The van der Waals surface area contributed by atoms with Crippen LogP contribution in [0.5, 0.6) is 0 Å². The minimum Gasteiger partial charge on any atom is -0.360 e. The van der Waals surface area contributed by atoms with Gasteiger partial charge in [0, 0.05) is 19.3 Å². The van der Waals surface area contributed by atoms with Gasteiger partial charge in [0.2, 0.25) is 5.82 Å². The number of nitro groups is 1. The standard InChI is InChI=1S/C13H14F3N5O2/c1-3-20-12(11(21(22)23)8(2)19-20)18-7-9-4-5-17-10(6-9)13(14,15)16/h4-6,18H,3,7H2,1-2H3. The molecular formula is C13H14F3N5O2. The Hall–Kier alpha value is -2.65. The van der Waals surface area contributed by atoms with Crippen LogP contribution >= 0.6 is 0 Å². The molecule has 0 amide bonds. The first kappa shape index (κ1) is 16.7. The minimum atomic E-state index is -4.54. The largest absolute Gasteiger partial charge is 0.433 e. The first-order valence-electron chi connectivity index (χ1n) is 6.71. The third-order valence-corrected chi connectivity index (χ3v) is 3.15. The van der Waals surface area contributed by atoms with Gasteiger partial charge in [-0.15, -0.1) is 0 Å². The molecule has 0 aromatic carbocycles. The van der Waals surface area contributed by atoms with Crippen LogP contribution in [0.25, 0.3) is 0 Å². The lowest BCUT2D eigenvalue weighted by Gasteiger charge is -2.10. The molecule has 0 saturated carbocycles. The van der Waals surface area contributed by atoms with Crippen LogP contribution < -0.4 is 5.32 Å². The summed E-state index contributed by atoms with van der Waals surface area (Å²) in [5, 5.41) is 18.0. The predicted octanol–water partition coefficient (Wildman–Crippen LogP) is 3.15. The number of halogens is 3. The molecule has 0 radical (unpaired) electrons. The second-order valence-electron chi connectivity index (χ2n) is 4.76. The van der Waals surface area contributed by atoms with E-state index < -0.39 is 16.8 Å². The van der Waals surface area contributed by atoms with Gasteiger partial charge in [-0.1, -0.05) is 0 Å². The van der Waals surface area contributed by atoms with E-state index in [9.17, 15) is 23.3 Å². The highest BCUT2D eigenvalue weighted by atomic mass is 19.4. The molecule has 0 spiro atoms. The van der Waals surface area contributed by atoms with E-state index in [0.717, 1.165) is 12.3 Å². The van der Waals surface area contributed by atoms with E-state index in [-0.39, 0.29) is 23.7 Å². The number of nitrogens with zero attached hydrogens (tertiary/aromatic N) is 4. The molecule has 0 saturated heterocycles. The first-order chi connectivity index (χ1) is 10.7. The predicted molar refractivity (Wildman–Crippen MR) is 75.9 cm³/mol. The molecule has 0 aliphatic heterocycles. The van der Waals surface area contributed by atoms with Gasteiger partial charge in [-0.25, -0.2) is 4.68 Å². The highest BCUT2D eigenvalue weighted by molar-refractivity contribution is 5.59. The molecule has 2 aromatic heterocycles. The molecule has 23 heavy (non-hydrogen) atoms. The summed E-state index contributed by atoms with van der Waals surface area (Å²) in [6, 6.07) is 2.31. The molecule has 7 nitrogen and oxygen atoms in total. The molecule has 0 unspecified atom stereocenters.